The smallest absolute Gasteiger partial charge is 0.151 e. The Morgan fingerprint density at radius 2 is 1.52 bits per heavy atom. The highest BCUT2D eigenvalue weighted by Gasteiger charge is 2.11. The van der Waals surface area contributed by atoms with Crippen LogP contribution in [0.4, 0.5) is 11.4 Å². The van der Waals surface area contributed by atoms with E-state index in [1.165, 1.54) is 0 Å². The lowest BCUT2D eigenvalue weighted by molar-refractivity contribution is 0.418. The number of aromatic hydroxyl groups is 1. The summed E-state index contributed by atoms with van der Waals surface area (Å²) in [4.78, 5) is 0. The summed E-state index contributed by atoms with van der Waals surface area (Å²) in [7, 11) is 1.59. The van der Waals surface area contributed by atoms with Gasteiger partial charge in [-0.05, 0) is 12.1 Å². The number of hydrogen-bond donors (Lipinski definition) is 1. The molecule has 3 rings (SSSR count). The van der Waals surface area contributed by atoms with Crippen LogP contribution in [-0.4, -0.2) is 12.2 Å². The lowest BCUT2D eigenvalue weighted by atomic mass is 10.1. The molecule has 0 spiro atoms. The molecule has 0 aliphatic carbocycles. The van der Waals surface area contributed by atoms with Crippen molar-refractivity contribution in [3.8, 4) is 11.5 Å². The molecule has 0 aliphatic heterocycles. The normalized spacial score (nSPS) is 11.1. The van der Waals surface area contributed by atoms with Crippen LogP contribution >= 0.6 is 0 Å². The van der Waals surface area contributed by atoms with Crippen molar-refractivity contribution in [1.82, 2.24) is 0 Å². The van der Waals surface area contributed by atoms with Crippen LogP contribution < -0.4 is 4.74 Å². The molecule has 0 unspecified atom stereocenters. The summed E-state index contributed by atoms with van der Waals surface area (Å²) in [5.74, 6) is 0.761. The maximum atomic E-state index is 10.3. The molecule has 1 N–H and O–H groups in total. The Hall–Kier alpha value is -2.88. The van der Waals surface area contributed by atoms with Gasteiger partial charge in [-0.25, -0.2) is 0 Å². The fraction of sp³-hybridized carbons (Fsp3) is 0.0588. The summed E-state index contributed by atoms with van der Waals surface area (Å²) in [6.45, 7) is 0. The first kappa shape index (κ1) is 13.1. The average Bonchev–Trinajstić information content (AvgIpc) is 2.55. The molecule has 3 aromatic carbocycles. The minimum absolute atomic E-state index is 0.103. The quantitative estimate of drug-likeness (QED) is 0.688. The molecule has 0 saturated heterocycles. The number of nitrogens with zero attached hydrogens (tertiary/aromatic N) is 2. The number of benzene rings is 3. The van der Waals surface area contributed by atoms with Gasteiger partial charge in [-0.15, -0.1) is 5.11 Å². The third kappa shape index (κ3) is 2.56. The highest BCUT2D eigenvalue weighted by atomic mass is 16.5. The van der Waals surface area contributed by atoms with Gasteiger partial charge in [-0.2, -0.15) is 5.11 Å². The monoisotopic (exact) mass is 278 g/mol. The molecule has 0 aliphatic rings. The summed E-state index contributed by atoms with van der Waals surface area (Å²) < 4.78 is 5.36. The minimum atomic E-state index is 0.103. The van der Waals surface area contributed by atoms with Crippen molar-refractivity contribution in [3.05, 3.63) is 60.7 Å². The number of ether oxygens (including phenoxy) is 1. The highest BCUT2D eigenvalue weighted by molar-refractivity contribution is 5.97. The summed E-state index contributed by atoms with van der Waals surface area (Å²) in [5, 5.41) is 20.1. The van der Waals surface area contributed by atoms with Gasteiger partial charge < -0.3 is 9.84 Å². The van der Waals surface area contributed by atoms with Crippen molar-refractivity contribution in [3.63, 3.8) is 0 Å². The van der Waals surface area contributed by atoms with Crippen LogP contribution in [-0.2, 0) is 0 Å². The van der Waals surface area contributed by atoms with Crippen LogP contribution in [0.2, 0.25) is 0 Å². The summed E-state index contributed by atoms with van der Waals surface area (Å²) >= 11 is 0. The lowest BCUT2D eigenvalue weighted by Gasteiger charge is -2.09. The maximum absolute atomic E-state index is 10.3. The van der Waals surface area contributed by atoms with Gasteiger partial charge in [0.2, 0.25) is 0 Å². The largest absolute Gasteiger partial charge is 0.505 e. The molecule has 0 radical (unpaired) electrons. The van der Waals surface area contributed by atoms with Gasteiger partial charge in [-0.3, -0.25) is 0 Å². The maximum Gasteiger partial charge on any atom is 0.151 e. The summed E-state index contributed by atoms with van der Waals surface area (Å²) in [6.07, 6.45) is 0. The van der Waals surface area contributed by atoms with Crippen LogP contribution in [0, 0.1) is 0 Å². The second kappa shape index (κ2) is 5.63. The fourth-order valence-electron chi connectivity index (χ4n) is 2.16. The first-order valence-corrected chi connectivity index (χ1v) is 6.55. The number of phenolic OH excluding ortho intramolecular Hbond substituents is 1. The average molecular weight is 278 g/mol. The second-order valence-corrected chi connectivity index (χ2v) is 4.53. The Labute approximate surface area is 122 Å². The van der Waals surface area contributed by atoms with E-state index in [9.17, 15) is 5.11 Å². The van der Waals surface area contributed by atoms with E-state index in [-0.39, 0.29) is 5.75 Å². The molecule has 104 valence electrons. The van der Waals surface area contributed by atoms with Gasteiger partial charge in [0.15, 0.2) is 5.75 Å². The topological polar surface area (TPSA) is 54.2 Å². The van der Waals surface area contributed by atoms with Crippen molar-refractivity contribution in [1.29, 1.82) is 0 Å². The van der Waals surface area contributed by atoms with Crippen molar-refractivity contribution in [2.45, 2.75) is 0 Å². The molecule has 0 amide bonds. The van der Waals surface area contributed by atoms with E-state index in [0.717, 1.165) is 11.1 Å². The molecule has 0 saturated carbocycles. The van der Waals surface area contributed by atoms with E-state index < -0.39 is 0 Å². The van der Waals surface area contributed by atoms with Crippen LogP contribution in [0.5, 0.6) is 11.5 Å². The number of methoxy groups -OCH3 is 1. The molecule has 0 heterocycles. The first-order chi connectivity index (χ1) is 10.3. The number of azo groups is 1. The Kier molecular flexibility index (Phi) is 3.51. The zero-order valence-electron chi connectivity index (χ0n) is 11.5. The van der Waals surface area contributed by atoms with Gasteiger partial charge in [0, 0.05) is 16.8 Å². The van der Waals surface area contributed by atoms with E-state index in [1.807, 2.05) is 54.6 Å². The van der Waals surface area contributed by atoms with Gasteiger partial charge in [-0.1, -0.05) is 42.5 Å². The van der Waals surface area contributed by atoms with Gasteiger partial charge in [0.05, 0.1) is 12.8 Å². The summed E-state index contributed by atoms with van der Waals surface area (Å²) in [6, 6.07) is 18.5. The van der Waals surface area contributed by atoms with Crippen LogP contribution in [0.1, 0.15) is 0 Å². The van der Waals surface area contributed by atoms with E-state index in [2.05, 4.69) is 10.2 Å². The van der Waals surface area contributed by atoms with Gasteiger partial charge in [0.25, 0.3) is 0 Å². The molecular formula is C17H14N2O2. The number of hydrogen-bond acceptors (Lipinski definition) is 4. The Morgan fingerprint density at radius 3 is 2.24 bits per heavy atom. The van der Waals surface area contributed by atoms with Crippen molar-refractivity contribution in [2.75, 3.05) is 7.11 Å². The van der Waals surface area contributed by atoms with Crippen molar-refractivity contribution >= 4 is 22.1 Å². The Balaban J connectivity index is 2.11. The zero-order valence-corrected chi connectivity index (χ0v) is 11.5. The standard InChI is InChI=1S/C17H14N2O2/c1-21-16-11-15(19-18-12-7-3-2-4-8-12)17(20)14-10-6-5-9-13(14)16/h2-11,20H,1H3/b19-18+. The van der Waals surface area contributed by atoms with E-state index in [0.29, 0.717) is 16.8 Å². The van der Waals surface area contributed by atoms with E-state index in [1.54, 1.807) is 13.2 Å². The van der Waals surface area contributed by atoms with E-state index in [4.69, 9.17) is 4.74 Å². The van der Waals surface area contributed by atoms with Crippen LogP contribution in [0.15, 0.2) is 70.9 Å². The molecule has 0 fully saturated rings. The van der Waals surface area contributed by atoms with E-state index >= 15 is 0 Å². The fourth-order valence-corrected chi connectivity index (χ4v) is 2.16. The van der Waals surface area contributed by atoms with Crippen LogP contribution in [0.3, 0.4) is 0 Å². The molecule has 0 aromatic heterocycles. The molecular weight excluding hydrogens is 264 g/mol. The van der Waals surface area contributed by atoms with Gasteiger partial charge in [0.1, 0.15) is 11.4 Å². The molecule has 3 aromatic rings. The third-order valence-corrected chi connectivity index (χ3v) is 3.21. The molecule has 0 atom stereocenters. The lowest BCUT2D eigenvalue weighted by Crippen LogP contribution is -1.85. The third-order valence-electron chi connectivity index (χ3n) is 3.21. The number of rotatable bonds is 3. The number of fused-ring (bicyclic) bond motifs is 1. The Bertz CT molecular complexity index is 798. The molecule has 0 bridgehead atoms. The Morgan fingerprint density at radius 1 is 0.857 bits per heavy atom. The second-order valence-electron chi connectivity index (χ2n) is 4.53. The first-order valence-electron chi connectivity index (χ1n) is 6.55. The number of phenols is 1. The SMILES string of the molecule is COc1cc(/N=N/c2ccccc2)c(O)c2ccccc12. The molecule has 4 heteroatoms. The highest BCUT2D eigenvalue weighted by Crippen LogP contribution is 2.41. The predicted octanol–water partition coefficient (Wildman–Crippen LogP) is 4.97. The molecule has 21 heavy (non-hydrogen) atoms. The molecule has 4 nitrogen and oxygen atoms in total. The predicted molar refractivity (Wildman–Crippen MR) is 82.8 cm³/mol. The summed E-state index contributed by atoms with van der Waals surface area (Å²) in [5.41, 5.74) is 1.11. The minimum Gasteiger partial charge on any atom is -0.505 e. The van der Waals surface area contributed by atoms with Crippen molar-refractivity contribution in [2.24, 2.45) is 10.2 Å². The zero-order chi connectivity index (χ0) is 14.7. The van der Waals surface area contributed by atoms with Gasteiger partial charge >= 0.3 is 0 Å². The van der Waals surface area contributed by atoms with Crippen molar-refractivity contribution < 1.29 is 9.84 Å². The van der Waals surface area contributed by atoms with Crippen LogP contribution in [0.25, 0.3) is 10.8 Å².